The third-order valence-electron chi connectivity index (χ3n) is 5.09. The van der Waals surface area contributed by atoms with Crippen molar-refractivity contribution in [1.82, 2.24) is 5.32 Å². The first-order chi connectivity index (χ1) is 9.26. The third kappa shape index (κ3) is 3.34. The molecule has 116 valence electrons. The molecule has 4 atom stereocenters. The Kier molecular flexibility index (Phi) is 4.45. The SMILES string of the molecule is CNC1(C(=O)O)CCC(OC2CC(C)CC(C)(C)C2)C1. The van der Waals surface area contributed by atoms with Gasteiger partial charge >= 0.3 is 5.97 Å². The Morgan fingerprint density at radius 1 is 1.25 bits per heavy atom. The molecule has 0 aromatic carbocycles. The maximum Gasteiger partial charge on any atom is 0.323 e. The van der Waals surface area contributed by atoms with E-state index >= 15 is 0 Å². The molecule has 0 spiro atoms. The van der Waals surface area contributed by atoms with Gasteiger partial charge in [-0.05, 0) is 50.5 Å². The fraction of sp³-hybridized carbons (Fsp3) is 0.938. The predicted molar refractivity (Wildman–Crippen MR) is 78.7 cm³/mol. The van der Waals surface area contributed by atoms with E-state index in [9.17, 15) is 9.90 Å². The molecular weight excluding hydrogens is 254 g/mol. The normalized spacial score (nSPS) is 40.7. The van der Waals surface area contributed by atoms with Crippen LogP contribution in [0.4, 0.5) is 0 Å². The summed E-state index contributed by atoms with van der Waals surface area (Å²) in [7, 11) is 1.74. The second kappa shape index (κ2) is 5.64. The van der Waals surface area contributed by atoms with Gasteiger partial charge in [-0.15, -0.1) is 0 Å². The molecule has 2 saturated carbocycles. The molecule has 0 saturated heterocycles. The van der Waals surface area contributed by atoms with Gasteiger partial charge in [-0.25, -0.2) is 0 Å². The van der Waals surface area contributed by atoms with Gasteiger partial charge in [0, 0.05) is 6.42 Å². The second-order valence-electron chi connectivity index (χ2n) is 7.67. The Morgan fingerprint density at radius 3 is 2.45 bits per heavy atom. The quantitative estimate of drug-likeness (QED) is 0.833. The third-order valence-corrected chi connectivity index (χ3v) is 5.09. The lowest BCUT2D eigenvalue weighted by molar-refractivity contribution is -0.145. The number of hydrogen-bond donors (Lipinski definition) is 2. The van der Waals surface area contributed by atoms with E-state index < -0.39 is 11.5 Å². The van der Waals surface area contributed by atoms with Crippen LogP contribution in [0.2, 0.25) is 0 Å². The number of hydrogen-bond acceptors (Lipinski definition) is 3. The number of rotatable bonds is 4. The van der Waals surface area contributed by atoms with Crippen LogP contribution in [-0.4, -0.2) is 35.9 Å². The van der Waals surface area contributed by atoms with E-state index in [1.54, 1.807) is 7.05 Å². The molecule has 2 aliphatic rings. The summed E-state index contributed by atoms with van der Waals surface area (Å²) in [5.74, 6) is -0.0536. The summed E-state index contributed by atoms with van der Waals surface area (Å²) >= 11 is 0. The summed E-state index contributed by atoms with van der Waals surface area (Å²) in [6, 6.07) is 0. The Morgan fingerprint density at radius 2 is 1.95 bits per heavy atom. The Hall–Kier alpha value is -0.610. The Bertz CT molecular complexity index is 369. The second-order valence-corrected chi connectivity index (χ2v) is 7.67. The minimum Gasteiger partial charge on any atom is -0.480 e. The number of nitrogens with one attached hydrogen (secondary N) is 1. The van der Waals surface area contributed by atoms with E-state index in [4.69, 9.17) is 4.74 Å². The van der Waals surface area contributed by atoms with Crippen LogP contribution >= 0.6 is 0 Å². The van der Waals surface area contributed by atoms with Crippen molar-refractivity contribution in [3.63, 3.8) is 0 Å². The van der Waals surface area contributed by atoms with Gasteiger partial charge in [0.2, 0.25) is 0 Å². The van der Waals surface area contributed by atoms with Crippen LogP contribution < -0.4 is 5.32 Å². The molecule has 0 aliphatic heterocycles. The van der Waals surface area contributed by atoms with Gasteiger partial charge in [0.25, 0.3) is 0 Å². The largest absolute Gasteiger partial charge is 0.480 e. The minimum atomic E-state index is -0.777. The Labute approximate surface area is 122 Å². The van der Waals surface area contributed by atoms with E-state index in [0.29, 0.717) is 30.3 Å². The molecule has 0 aromatic rings. The molecule has 0 radical (unpaired) electrons. The highest BCUT2D eigenvalue weighted by Crippen LogP contribution is 2.42. The molecular formula is C16H29NO3. The highest BCUT2D eigenvalue weighted by molar-refractivity contribution is 5.79. The van der Waals surface area contributed by atoms with Crippen molar-refractivity contribution >= 4 is 5.97 Å². The topological polar surface area (TPSA) is 58.6 Å². The van der Waals surface area contributed by atoms with E-state index in [1.807, 2.05) is 0 Å². The lowest BCUT2D eigenvalue weighted by atomic mass is 9.71. The number of aliphatic carboxylic acids is 1. The zero-order valence-corrected chi connectivity index (χ0v) is 13.2. The van der Waals surface area contributed by atoms with Gasteiger partial charge in [-0.1, -0.05) is 20.8 Å². The van der Waals surface area contributed by atoms with Crippen LogP contribution in [0, 0.1) is 11.3 Å². The van der Waals surface area contributed by atoms with Crippen molar-refractivity contribution in [3.8, 4) is 0 Å². The number of carboxylic acids is 1. The van der Waals surface area contributed by atoms with Crippen molar-refractivity contribution in [2.24, 2.45) is 11.3 Å². The summed E-state index contributed by atoms with van der Waals surface area (Å²) in [4.78, 5) is 11.4. The monoisotopic (exact) mass is 283 g/mol. The van der Waals surface area contributed by atoms with E-state index in [2.05, 4.69) is 26.1 Å². The zero-order chi connectivity index (χ0) is 15.0. The van der Waals surface area contributed by atoms with Crippen molar-refractivity contribution < 1.29 is 14.6 Å². The van der Waals surface area contributed by atoms with Crippen LogP contribution in [0.1, 0.15) is 59.3 Å². The van der Waals surface area contributed by atoms with Crippen LogP contribution in [0.25, 0.3) is 0 Å². The van der Waals surface area contributed by atoms with Gasteiger partial charge in [0.1, 0.15) is 5.54 Å². The van der Waals surface area contributed by atoms with Crippen molar-refractivity contribution in [2.45, 2.75) is 77.0 Å². The summed E-state index contributed by atoms with van der Waals surface area (Å²) in [6.07, 6.45) is 5.93. The van der Waals surface area contributed by atoms with Crippen LogP contribution in [0.3, 0.4) is 0 Å². The maximum absolute atomic E-state index is 11.4. The fourth-order valence-electron chi connectivity index (χ4n) is 4.28. The van der Waals surface area contributed by atoms with Gasteiger partial charge in [-0.3, -0.25) is 4.79 Å². The van der Waals surface area contributed by atoms with E-state index in [-0.39, 0.29) is 6.10 Å². The summed E-state index contributed by atoms with van der Waals surface area (Å²) < 4.78 is 6.26. The average Bonchev–Trinajstić information content (AvgIpc) is 2.71. The smallest absolute Gasteiger partial charge is 0.323 e. The zero-order valence-electron chi connectivity index (χ0n) is 13.2. The minimum absolute atomic E-state index is 0.0876. The number of likely N-dealkylation sites (N-methyl/N-ethyl adjacent to an activating group) is 1. The van der Waals surface area contributed by atoms with Crippen LogP contribution in [0.15, 0.2) is 0 Å². The van der Waals surface area contributed by atoms with Crippen LogP contribution in [-0.2, 0) is 9.53 Å². The summed E-state index contributed by atoms with van der Waals surface area (Å²) in [5, 5.41) is 12.4. The first-order valence-electron chi connectivity index (χ1n) is 7.84. The van der Waals surface area contributed by atoms with Crippen molar-refractivity contribution in [3.05, 3.63) is 0 Å². The fourth-order valence-corrected chi connectivity index (χ4v) is 4.28. The number of carboxylic acid groups (broad SMARTS) is 1. The van der Waals surface area contributed by atoms with Crippen molar-refractivity contribution in [1.29, 1.82) is 0 Å². The highest BCUT2D eigenvalue weighted by Gasteiger charge is 2.46. The maximum atomic E-state index is 11.4. The molecule has 0 heterocycles. The van der Waals surface area contributed by atoms with Crippen LogP contribution in [0.5, 0.6) is 0 Å². The lowest BCUT2D eigenvalue weighted by Crippen LogP contribution is -2.48. The number of carbonyl (C=O) groups is 1. The summed E-state index contributed by atoms with van der Waals surface area (Å²) in [5.41, 5.74) is -0.436. The van der Waals surface area contributed by atoms with Gasteiger partial charge in [0.15, 0.2) is 0 Å². The molecule has 4 heteroatoms. The molecule has 2 fully saturated rings. The molecule has 0 amide bonds. The molecule has 2 rings (SSSR count). The molecule has 4 unspecified atom stereocenters. The van der Waals surface area contributed by atoms with Gasteiger partial charge in [-0.2, -0.15) is 0 Å². The molecule has 0 aromatic heterocycles. The molecule has 4 nitrogen and oxygen atoms in total. The molecule has 20 heavy (non-hydrogen) atoms. The first-order valence-corrected chi connectivity index (χ1v) is 7.84. The first kappa shape index (κ1) is 15.8. The standard InChI is InChI=1S/C16H29NO3/c1-11-7-13(9-15(2,3)8-11)20-12-5-6-16(10-12,17-4)14(18)19/h11-13,17H,5-10H2,1-4H3,(H,18,19). The average molecular weight is 283 g/mol. The lowest BCUT2D eigenvalue weighted by Gasteiger charge is -2.40. The van der Waals surface area contributed by atoms with Crippen molar-refractivity contribution in [2.75, 3.05) is 7.05 Å². The Balaban J connectivity index is 1.93. The van der Waals surface area contributed by atoms with E-state index in [1.165, 1.54) is 6.42 Å². The van der Waals surface area contributed by atoms with E-state index in [0.717, 1.165) is 19.3 Å². The molecule has 2 N–H and O–H groups in total. The summed E-state index contributed by atoms with van der Waals surface area (Å²) in [6.45, 7) is 6.91. The van der Waals surface area contributed by atoms with Gasteiger partial charge in [0.05, 0.1) is 12.2 Å². The molecule has 0 bridgehead atoms. The highest BCUT2D eigenvalue weighted by atomic mass is 16.5. The molecule has 2 aliphatic carbocycles. The predicted octanol–water partition coefficient (Wildman–Crippen LogP) is 2.81. The van der Waals surface area contributed by atoms with Gasteiger partial charge < -0.3 is 15.2 Å². The number of ether oxygens (including phenoxy) is 1.